The van der Waals surface area contributed by atoms with Gasteiger partial charge in [0, 0.05) is 36.1 Å². The number of nitrogens with zero attached hydrogens (tertiary/aromatic N) is 1. The van der Waals surface area contributed by atoms with Crippen molar-refractivity contribution in [2.24, 2.45) is 5.92 Å². The van der Waals surface area contributed by atoms with Crippen LogP contribution >= 0.6 is 11.6 Å². The van der Waals surface area contributed by atoms with Gasteiger partial charge in [0.1, 0.15) is 5.82 Å². The van der Waals surface area contributed by atoms with Gasteiger partial charge in [-0.15, -0.1) is 0 Å². The van der Waals surface area contributed by atoms with Gasteiger partial charge in [-0.1, -0.05) is 31.5 Å². The van der Waals surface area contributed by atoms with Crippen LogP contribution in [0.4, 0.5) is 4.39 Å². The Morgan fingerprint density at radius 1 is 1.29 bits per heavy atom. The van der Waals surface area contributed by atoms with Crippen LogP contribution in [0.25, 0.3) is 0 Å². The maximum atomic E-state index is 15.3. The molecule has 0 aliphatic heterocycles. The lowest BCUT2D eigenvalue weighted by atomic mass is 9.96. The van der Waals surface area contributed by atoms with Crippen LogP contribution < -0.4 is 5.32 Å². The first-order valence-corrected chi connectivity index (χ1v) is 9.61. The molecule has 0 aliphatic carbocycles. The number of aromatic nitrogens is 1. The standard InChI is InChI=1S/C21H24ClFN2O3/c1-4-17(25-11-13(3)21(27)28-5-2)15-8-9-16(22)18(19(15)23)20(26)14-7-6-10-24-12-14/h6-10,12-13,17,25H,4-5,11H2,1-3H3/t13?,17-/m1/s1. The molecule has 2 aromatic rings. The summed E-state index contributed by atoms with van der Waals surface area (Å²) in [5, 5.41) is 3.23. The number of ether oxygens (including phenoxy) is 1. The molecular weight excluding hydrogens is 383 g/mol. The third-order valence-corrected chi connectivity index (χ3v) is 4.73. The van der Waals surface area contributed by atoms with E-state index in [0.29, 0.717) is 25.1 Å². The molecule has 0 fully saturated rings. The Labute approximate surface area is 169 Å². The Morgan fingerprint density at radius 3 is 2.64 bits per heavy atom. The van der Waals surface area contributed by atoms with Gasteiger partial charge >= 0.3 is 5.97 Å². The largest absolute Gasteiger partial charge is 0.466 e. The van der Waals surface area contributed by atoms with Crippen molar-refractivity contribution in [3.63, 3.8) is 0 Å². The predicted octanol–water partition coefficient (Wildman–Crippen LogP) is 4.35. The third-order valence-electron chi connectivity index (χ3n) is 4.41. The summed E-state index contributed by atoms with van der Waals surface area (Å²) < 4.78 is 20.2. The summed E-state index contributed by atoms with van der Waals surface area (Å²) in [6, 6.07) is 5.87. The van der Waals surface area contributed by atoms with E-state index in [4.69, 9.17) is 16.3 Å². The highest BCUT2D eigenvalue weighted by Crippen LogP contribution is 2.29. The zero-order valence-corrected chi connectivity index (χ0v) is 16.9. The van der Waals surface area contributed by atoms with Crippen LogP contribution in [0.3, 0.4) is 0 Å². The molecule has 150 valence electrons. The highest BCUT2D eigenvalue weighted by molar-refractivity contribution is 6.35. The summed E-state index contributed by atoms with van der Waals surface area (Å²) >= 11 is 6.14. The Kier molecular flexibility index (Phi) is 8.08. The van der Waals surface area contributed by atoms with E-state index in [9.17, 15) is 9.59 Å². The fraction of sp³-hybridized carbons (Fsp3) is 0.381. The Morgan fingerprint density at radius 2 is 2.04 bits per heavy atom. The second-order valence-electron chi connectivity index (χ2n) is 6.42. The van der Waals surface area contributed by atoms with Crippen LogP contribution in [-0.2, 0) is 9.53 Å². The normalized spacial score (nSPS) is 13.0. The Bertz CT molecular complexity index is 830. The summed E-state index contributed by atoms with van der Waals surface area (Å²) in [7, 11) is 0. The molecule has 2 atom stereocenters. The van der Waals surface area contributed by atoms with Gasteiger partial charge in [0.2, 0.25) is 0 Å². The molecule has 1 unspecified atom stereocenters. The molecule has 0 amide bonds. The van der Waals surface area contributed by atoms with Crippen molar-refractivity contribution in [2.45, 2.75) is 33.2 Å². The van der Waals surface area contributed by atoms with E-state index in [0.717, 1.165) is 0 Å². The molecule has 2 rings (SSSR count). The van der Waals surface area contributed by atoms with Crippen LogP contribution in [0.2, 0.25) is 5.02 Å². The second-order valence-corrected chi connectivity index (χ2v) is 6.83. The molecule has 0 saturated heterocycles. The van der Waals surface area contributed by atoms with Crippen LogP contribution in [-0.4, -0.2) is 29.9 Å². The minimum absolute atomic E-state index is 0.0462. The van der Waals surface area contributed by atoms with Gasteiger partial charge in [0.15, 0.2) is 5.78 Å². The average molecular weight is 407 g/mol. The van der Waals surface area contributed by atoms with Crippen LogP contribution in [0.5, 0.6) is 0 Å². The number of hydrogen-bond donors (Lipinski definition) is 1. The number of rotatable bonds is 9. The van der Waals surface area contributed by atoms with Crippen molar-refractivity contribution in [1.29, 1.82) is 0 Å². The fourth-order valence-electron chi connectivity index (χ4n) is 2.85. The summed E-state index contributed by atoms with van der Waals surface area (Å²) in [6.07, 6.45) is 3.48. The van der Waals surface area contributed by atoms with E-state index in [1.54, 1.807) is 32.0 Å². The van der Waals surface area contributed by atoms with Crippen molar-refractivity contribution in [1.82, 2.24) is 10.3 Å². The summed E-state index contributed by atoms with van der Waals surface area (Å²) in [5.74, 6) is -1.87. The van der Waals surface area contributed by atoms with Gasteiger partial charge in [-0.2, -0.15) is 0 Å². The monoisotopic (exact) mass is 406 g/mol. The van der Waals surface area contributed by atoms with Gasteiger partial charge < -0.3 is 10.1 Å². The van der Waals surface area contributed by atoms with Gasteiger partial charge in [-0.25, -0.2) is 4.39 Å². The summed E-state index contributed by atoms with van der Waals surface area (Å²) in [6.45, 7) is 6.02. The maximum Gasteiger partial charge on any atom is 0.309 e. The van der Waals surface area contributed by atoms with E-state index in [1.807, 2.05) is 6.92 Å². The lowest BCUT2D eigenvalue weighted by Gasteiger charge is -2.21. The molecule has 1 heterocycles. The van der Waals surface area contributed by atoms with Crippen LogP contribution in [0.1, 0.15) is 54.7 Å². The highest BCUT2D eigenvalue weighted by atomic mass is 35.5. The number of ketones is 1. The number of halogens is 2. The Hall–Kier alpha value is -2.31. The molecular formula is C21H24ClFN2O3. The fourth-order valence-corrected chi connectivity index (χ4v) is 3.08. The molecule has 7 heteroatoms. The zero-order chi connectivity index (χ0) is 20.7. The summed E-state index contributed by atoms with van der Waals surface area (Å²) in [5.41, 5.74) is 0.415. The number of carbonyl (C=O) groups is 2. The first-order chi connectivity index (χ1) is 13.4. The van der Waals surface area contributed by atoms with Crippen LogP contribution in [0, 0.1) is 11.7 Å². The zero-order valence-electron chi connectivity index (χ0n) is 16.2. The molecule has 1 aromatic heterocycles. The third kappa shape index (κ3) is 5.14. The Balaban J connectivity index is 2.27. The van der Waals surface area contributed by atoms with Crippen molar-refractivity contribution in [3.8, 4) is 0 Å². The predicted molar refractivity (Wildman–Crippen MR) is 106 cm³/mol. The van der Waals surface area contributed by atoms with Gasteiger partial charge in [0.25, 0.3) is 0 Å². The van der Waals surface area contributed by atoms with Gasteiger partial charge in [-0.05, 0) is 31.5 Å². The van der Waals surface area contributed by atoms with E-state index in [2.05, 4.69) is 10.3 Å². The number of benzene rings is 1. The smallest absolute Gasteiger partial charge is 0.309 e. The molecule has 0 bridgehead atoms. The van der Waals surface area contributed by atoms with E-state index >= 15 is 4.39 Å². The molecule has 0 aliphatic rings. The minimum Gasteiger partial charge on any atom is -0.466 e. The number of pyridine rings is 1. The first-order valence-electron chi connectivity index (χ1n) is 9.23. The molecule has 1 aromatic carbocycles. The molecule has 1 N–H and O–H groups in total. The van der Waals surface area contributed by atoms with Gasteiger partial charge in [0.05, 0.1) is 23.1 Å². The van der Waals surface area contributed by atoms with E-state index in [1.165, 1.54) is 18.5 Å². The maximum absolute atomic E-state index is 15.3. The molecule has 5 nitrogen and oxygen atoms in total. The quantitative estimate of drug-likeness (QED) is 0.495. The summed E-state index contributed by atoms with van der Waals surface area (Å²) in [4.78, 5) is 28.4. The highest BCUT2D eigenvalue weighted by Gasteiger charge is 2.25. The molecule has 0 radical (unpaired) electrons. The number of carbonyl (C=O) groups excluding carboxylic acids is 2. The topological polar surface area (TPSA) is 68.3 Å². The molecule has 28 heavy (non-hydrogen) atoms. The number of hydrogen-bond acceptors (Lipinski definition) is 5. The lowest BCUT2D eigenvalue weighted by molar-refractivity contribution is -0.147. The average Bonchev–Trinajstić information content (AvgIpc) is 2.70. The van der Waals surface area contributed by atoms with Crippen LogP contribution in [0.15, 0.2) is 36.7 Å². The first kappa shape index (κ1) is 22.0. The van der Waals surface area contributed by atoms with Gasteiger partial charge in [-0.3, -0.25) is 14.6 Å². The minimum atomic E-state index is -0.663. The van der Waals surface area contributed by atoms with E-state index < -0.39 is 11.6 Å². The molecule has 0 saturated carbocycles. The number of nitrogens with one attached hydrogen (secondary N) is 1. The second kappa shape index (κ2) is 10.3. The molecule has 0 spiro atoms. The SMILES string of the molecule is CCOC(=O)C(C)CN[C@H](CC)c1ccc(Cl)c(C(=O)c2cccnc2)c1F. The van der Waals surface area contributed by atoms with Crippen molar-refractivity contribution < 1.29 is 18.7 Å². The lowest BCUT2D eigenvalue weighted by Crippen LogP contribution is -2.31. The van der Waals surface area contributed by atoms with Crippen molar-refractivity contribution in [3.05, 3.63) is 64.2 Å². The van der Waals surface area contributed by atoms with Crippen molar-refractivity contribution >= 4 is 23.4 Å². The van der Waals surface area contributed by atoms with Crippen molar-refractivity contribution in [2.75, 3.05) is 13.2 Å². The van der Waals surface area contributed by atoms with E-state index in [-0.39, 0.29) is 34.1 Å². The number of esters is 1.